The van der Waals surface area contributed by atoms with Gasteiger partial charge in [0.05, 0.1) is 4.92 Å². The lowest BCUT2D eigenvalue weighted by molar-refractivity contribution is -0.384. The molecule has 6 nitrogen and oxygen atoms in total. The molecule has 7 heteroatoms. The smallest absolute Gasteiger partial charge is 0.269 e. The van der Waals surface area contributed by atoms with Gasteiger partial charge in [0, 0.05) is 29.6 Å². The first-order valence-electron chi connectivity index (χ1n) is 7.96. The Morgan fingerprint density at radius 3 is 2.65 bits per heavy atom. The molecule has 0 saturated carbocycles. The highest BCUT2D eigenvalue weighted by atomic mass is 32.2. The Labute approximate surface area is 155 Å². The van der Waals surface area contributed by atoms with E-state index in [1.165, 1.54) is 17.8 Å². The minimum atomic E-state index is -0.397. The summed E-state index contributed by atoms with van der Waals surface area (Å²) in [5, 5.41) is 11.4. The van der Waals surface area contributed by atoms with Gasteiger partial charge in [-0.15, -0.1) is 0 Å². The van der Waals surface area contributed by atoms with Gasteiger partial charge >= 0.3 is 0 Å². The molecule has 0 saturated heterocycles. The van der Waals surface area contributed by atoms with E-state index in [1.54, 1.807) is 18.2 Å². The van der Waals surface area contributed by atoms with Crippen molar-refractivity contribution in [3.05, 3.63) is 81.5 Å². The maximum absolute atomic E-state index is 10.9. The van der Waals surface area contributed by atoms with Gasteiger partial charge in [-0.25, -0.2) is 4.98 Å². The molecule has 0 fully saturated rings. The SMILES string of the molecule is Cc1cc(Oc2ccccc2C)nc(SCc2cccc([N+](=O)[O-])c2)n1. The molecule has 1 heterocycles. The molecule has 0 atom stereocenters. The molecule has 2 aromatic carbocycles. The second-order valence-corrected chi connectivity index (χ2v) is 6.66. The van der Waals surface area contributed by atoms with Crippen molar-refractivity contribution in [3.63, 3.8) is 0 Å². The summed E-state index contributed by atoms with van der Waals surface area (Å²) in [5.74, 6) is 1.77. The zero-order valence-electron chi connectivity index (χ0n) is 14.4. The van der Waals surface area contributed by atoms with Crippen molar-refractivity contribution in [2.75, 3.05) is 0 Å². The molecule has 0 aliphatic rings. The molecule has 0 unspecified atom stereocenters. The van der Waals surface area contributed by atoms with Crippen LogP contribution in [0.15, 0.2) is 59.8 Å². The normalized spacial score (nSPS) is 10.5. The molecule has 0 aliphatic carbocycles. The highest BCUT2D eigenvalue weighted by molar-refractivity contribution is 7.98. The maximum Gasteiger partial charge on any atom is 0.269 e. The summed E-state index contributed by atoms with van der Waals surface area (Å²) in [6.45, 7) is 3.85. The van der Waals surface area contributed by atoms with Crippen LogP contribution in [0, 0.1) is 24.0 Å². The summed E-state index contributed by atoms with van der Waals surface area (Å²) in [6.07, 6.45) is 0. The van der Waals surface area contributed by atoms with Crippen LogP contribution in [0.2, 0.25) is 0 Å². The molecular formula is C19H17N3O3S. The molecule has 26 heavy (non-hydrogen) atoms. The summed E-state index contributed by atoms with van der Waals surface area (Å²) in [4.78, 5) is 19.3. The number of nitro groups is 1. The summed E-state index contributed by atoms with van der Waals surface area (Å²) in [7, 11) is 0. The second-order valence-electron chi connectivity index (χ2n) is 5.71. The van der Waals surface area contributed by atoms with Gasteiger partial charge < -0.3 is 4.74 Å². The van der Waals surface area contributed by atoms with Gasteiger partial charge in [0.25, 0.3) is 5.69 Å². The van der Waals surface area contributed by atoms with Gasteiger partial charge in [-0.1, -0.05) is 42.1 Å². The molecular weight excluding hydrogens is 350 g/mol. The first-order valence-corrected chi connectivity index (χ1v) is 8.95. The topological polar surface area (TPSA) is 78.2 Å². The molecule has 0 bridgehead atoms. The van der Waals surface area contributed by atoms with E-state index in [9.17, 15) is 10.1 Å². The number of thioether (sulfide) groups is 1. The molecule has 0 radical (unpaired) electrons. The standard InChI is InChI=1S/C19H17N3O3S/c1-13-6-3-4-9-17(13)25-18-10-14(2)20-19(21-18)26-12-15-7-5-8-16(11-15)22(23)24/h3-11H,12H2,1-2H3. The zero-order chi connectivity index (χ0) is 18.5. The van der Waals surface area contributed by atoms with E-state index in [4.69, 9.17) is 4.74 Å². The van der Waals surface area contributed by atoms with E-state index in [-0.39, 0.29) is 5.69 Å². The van der Waals surface area contributed by atoms with Crippen LogP contribution in [-0.2, 0) is 5.75 Å². The third-order valence-electron chi connectivity index (χ3n) is 3.61. The number of nitrogens with zero attached hydrogens (tertiary/aromatic N) is 3. The Bertz CT molecular complexity index is 947. The fourth-order valence-electron chi connectivity index (χ4n) is 2.32. The van der Waals surface area contributed by atoms with E-state index in [0.717, 1.165) is 22.6 Å². The zero-order valence-corrected chi connectivity index (χ0v) is 15.2. The predicted molar refractivity (Wildman–Crippen MR) is 101 cm³/mol. The Morgan fingerprint density at radius 1 is 1.08 bits per heavy atom. The van der Waals surface area contributed by atoms with Crippen molar-refractivity contribution in [2.24, 2.45) is 0 Å². The number of rotatable bonds is 6. The van der Waals surface area contributed by atoms with Crippen LogP contribution in [0.25, 0.3) is 0 Å². The van der Waals surface area contributed by atoms with Crippen molar-refractivity contribution in [1.29, 1.82) is 0 Å². The Balaban J connectivity index is 1.75. The van der Waals surface area contributed by atoms with Crippen LogP contribution >= 0.6 is 11.8 Å². The van der Waals surface area contributed by atoms with E-state index in [0.29, 0.717) is 16.8 Å². The summed E-state index contributed by atoms with van der Waals surface area (Å²) < 4.78 is 5.88. The minimum absolute atomic E-state index is 0.0804. The molecule has 132 valence electrons. The predicted octanol–water partition coefficient (Wildman–Crippen LogP) is 5.09. The van der Waals surface area contributed by atoms with E-state index >= 15 is 0 Å². The Hall–Kier alpha value is -2.93. The number of hydrogen-bond acceptors (Lipinski definition) is 6. The lowest BCUT2D eigenvalue weighted by atomic mass is 10.2. The van der Waals surface area contributed by atoms with Gasteiger partial charge in [-0.2, -0.15) is 4.98 Å². The van der Waals surface area contributed by atoms with Gasteiger partial charge in [0.15, 0.2) is 5.16 Å². The van der Waals surface area contributed by atoms with Crippen molar-refractivity contribution < 1.29 is 9.66 Å². The van der Waals surface area contributed by atoms with Gasteiger partial charge in [-0.05, 0) is 31.0 Å². The van der Waals surface area contributed by atoms with Gasteiger partial charge in [0.2, 0.25) is 5.88 Å². The number of hydrogen-bond donors (Lipinski definition) is 0. The van der Waals surface area contributed by atoms with Crippen LogP contribution < -0.4 is 4.74 Å². The summed E-state index contributed by atoms with van der Waals surface area (Å²) in [6, 6.07) is 16.1. The molecule has 0 N–H and O–H groups in total. The Kier molecular flexibility index (Phi) is 5.48. The average molecular weight is 367 g/mol. The number of ether oxygens (including phenoxy) is 1. The summed E-state index contributed by atoms with van der Waals surface area (Å²) >= 11 is 1.41. The molecule has 0 amide bonds. The van der Waals surface area contributed by atoms with Crippen molar-refractivity contribution in [3.8, 4) is 11.6 Å². The van der Waals surface area contributed by atoms with Crippen molar-refractivity contribution in [1.82, 2.24) is 9.97 Å². The van der Waals surface area contributed by atoms with Gasteiger partial charge in [0.1, 0.15) is 5.75 Å². The minimum Gasteiger partial charge on any atom is -0.439 e. The monoisotopic (exact) mass is 367 g/mol. The number of nitro benzene ring substituents is 1. The van der Waals surface area contributed by atoms with Crippen LogP contribution in [0.1, 0.15) is 16.8 Å². The van der Waals surface area contributed by atoms with Crippen LogP contribution in [-0.4, -0.2) is 14.9 Å². The second kappa shape index (κ2) is 7.97. The molecule has 1 aromatic heterocycles. The Morgan fingerprint density at radius 2 is 1.88 bits per heavy atom. The fourth-order valence-corrected chi connectivity index (χ4v) is 3.16. The largest absolute Gasteiger partial charge is 0.439 e. The lowest BCUT2D eigenvalue weighted by Gasteiger charge is -2.09. The van der Waals surface area contributed by atoms with Crippen LogP contribution in [0.4, 0.5) is 5.69 Å². The molecule has 0 aliphatic heterocycles. The van der Waals surface area contributed by atoms with E-state index in [2.05, 4.69) is 9.97 Å². The number of benzene rings is 2. The number of para-hydroxylation sites is 1. The first kappa shape index (κ1) is 17.9. The highest BCUT2D eigenvalue weighted by Crippen LogP contribution is 2.27. The lowest BCUT2D eigenvalue weighted by Crippen LogP contribution is -1.96. The van der Waals surface area contributed by atoms with E-state index < -0.39 is 4.92 Å². The maximum atomic E-state index is 10.9. The van der Waals surface area contributed by atoms with Crippen molar-refractivity contribution >= 4 is 17.4 Å². The average Bonchev–Trinajstić information content (AvgIpc) is 2.62. The van der Waals surface area contributed by atoms with Gasteiger partial charge in [-0.3, -0.25) is 10.1 Å². The first-order chi connectivity index (χ1) is 12.5. The number of non-ortho nitro benzene ring substituents is 1. The fraction of sp³-hybridized carbons (Fsp3) is 0.158. The third-order valence-corrected chi connectivity index (χ3v) is 4.53. The van der Waals surface area contributed by atoms with Crippen LogP contribution in [0.5, 0.6) is 11.6 Å². The van der Waals surface area contributed by atoms with Crippen LogP contribution in [0.3, 0.4) is 0 Å². The quantitative estimate of drug-likeness (QED) is 0.261. The third kappa shape index (κ3) is 4.58. The molecule has 0 spiro atoms. The number of aromatic nitrogens is 2. The molecule has 3 rings (SSSR count). The number of aryl methyl sites for hydroxylation is 2. The van der Waals surface area contributed by atoms with Crippen molar-refractivity contribution in [2.45, 2.75) is 24.8 Å². The molecule has 3 aromatic rings. The van der Waals surface area contributed by atoms with E-state index in [1.807, 2.05) is 44.2 Å². The highest BCUT2D eigenvalue weighted by Gasteiger charge is 2.09. The summed E-state index contributed by atoms with van der Waals surface area (Å²) in [5.41, 5.74) is 2.74.